The number of anilines is 6. The zero-order valence-electron chi connectivity index (χ0n) is 40.7. The van der Waals surface area contributed by atoms with Gasteiger partial charge in [-0.15, -0.1) is 11.3 Å². The van der Waals surface area contributed by atoms with Gasteiger partial charge in [-0.2, -0.15) is 0 Å². The first-order valence-corrected chi connectivity index (χ1v) is 24.4. The van der Waals surface area contributed by atoms with Gasteiger partial charge in [0.05, 0.1) is 5.00 Å². The number of thiophene rings is 1. The molecule has 0 saturated heterocycles. The van der Waals surface area contributed by atoms with Gasteiger partial charge in [0, 0.05) is 33.1 Å². The molecule has 2 nitrogen and oxygen atoms in total. The zero-order valence-corrected chi connectivity index (χ0v) is 41.5. The summed E-state index contributed by atoms with van der Waals surface area (Å²) in [7, 11) is 0. The van der Waals surface area contributed by atoms with E-state index in [0.717, 1.165) is 0 Å². The van der Waals surface area contributed by atoms with Crippen LogP contribution in [0.2, 0.25) is 0 Å². The molecule has 320 valence electrons. The Hall–Kier alpha value is -4.28. The largest absolute Gasteiger partial charge is 0.311 e. The highest BCUT2D eigenvalue weighted by Crippen LogP contribution is 2.54. The summed E-state index contributed by atoms with van der Waals surface area (Å²) < 4.78 is 1.42. The lowest BCUT2D eigenvalue weighted by Crippen LogP contribution is -2.61. The van der Waals surface area contributed by atoms with Gasteiger partial charge in [0.2, 0.25) is 0 Å². The summed E-state index contributed by atoms with van der Waals surface area (Å²) in [6, 6.07) is 32.5. The fourth-order valence-corrected chi connectivity index (χ4v) is 13.1. The predicted molar refractivity (Wildman–Crippen MR) is 273 cm³/mol. The van der Waals surface area contributed by atoms with Gasteiger partial charge < -0.3 is 9.80 Å². The summed E-state index contributed by atoms with van der Waals surface area (Å²) in [5, 5.41) is 2.82. The minimum atomic E-state index is 0.0640. The molecule has 4 aliphatic rings. The molecule has 0 radical (unpaired) electrons. The second-order valence-corrected chi connectivity index (χ2v) is 25.6. The molecular weight excluding hydrogens is 768 g/mol. The number of benzene rings is 5. The van der Waals surface area contributed by atoms with E-state index in [9.17, 15) is 0 Å². The third kappa shape index (κ3) is 6.15. The zero-order chi connectivity index (χ0) is 44.4. The average molecular weight is 837 g/mol. The minimum absolute atomic E-state index is 0.0640. The Kier molecular flexibility index (Phi) is 8.85. The van der Waals surface area contributed by atoms with Crippen LogP contribution in [0.4, 0.5) is 33.4 Å². The van der Waals surface area contributed by atoms with Crippen molar-refractivity contribution in [1.82, 2.24) is 0 Å². The second kappa shape index (κ2) is 13.2. The first-order valence-electron chi connectivity index (χ1n) is 23.6. The molecule has 0 N–H and O–H groups in total. The summed E-state index contributed by atoms with van der Waals surface area (Å²) in [6.07, 6.45) is 4.79. The van der Waals surface area contributed by atoms with E-state index in [1.807, 2.05) is 11.3 Å². The van der Waals surface area contributed by atoms with E-state index in [4.69, 9.17) is 0 Å². The Morgan fingerprint density at radius 3 is 1.55 bits per heavy atom. The Balaban J connectivity index is 1.35. The van der Waals surface area contributed by atoms with Gasteiger partial charge in [-0.25, -0.2) is 0 Å². The summed E-state index contributed by atoms with van der Waals surface area (Å²) >= 11 is 2.03. The van der Waals surface area contributed by atoms with E-state index in [2.05, 4.69) is 199 Å². The maximum absolute atomic E-state index is 2.71. The number of fused-ring (bicyclic) bond motifs is 8. The molecule has 6 aromatic rings. The van der Waals surface area contributed by atoms with Crippen LogP contribution in [-0.4, -0.2) is 6.71 Å². The van der Waals surface area contributed by atoms with Gasteiger partial charge in [0.1, 0.15) is 0 Å². The van der Waals surface area contributed by atoms with Crippen molar-refractivity contribution in [2.45, 2.75) is 169 Å². The molecule has 2 aliphatic heterocycles. The van der Waals surface area contributed by atoms with Crippen LogP contribution in [-0.2, 0) is 32.5 Å². The van der Waals surface area contributed by atoms with Crippen molar-refractivity contribution >= 4 is 78.0 Å². The first kappa shape index (κ1) is 41.7. The Labute approximate surface area is 378 Å². The van der Waals surface area contributed by atoms with Crippen molar-refractivity contribution < 1.29 is 0 Å². The number of nitrogens with zero attached hydrogens (tertiary/aromatic N) is 2. The topological polar surface area (TPSA) is 6.48 Å². The summed E-state index contributed by atoms with van der Waals surface area (Å²) in [4.78, 5) is 5.35. The number of hydrogen-bond donors (Lipinski definition) is 0. The van der Waals surface area contributed by atoms with Gasteiger partial charge in [-0.1, -0.05) is 127 Å². The molecule has 0 atom stereocenters. The first-order chi connectivity index (χ1) is 28.8. The third-order valence-electron chi connectivity index (χ3n) is 16.1. The highest BCUT2D eigenvalue weighted by atomic mass is 32.1. The molecule has 4 heteroatoms. The average Bonchev–Trinajstić information content (AvgIpc) is 3.55. The van der Waals surface area contributed by atoms with E-state index >= 15 is 0 Å². The van der Waals surface area contributed by atoms with Crippen LogP contribution in [0.3, 0.4) is 0 Å². The van der Waals surface area contributed by atoms with Crippen LogP contribution < -0.4 is 26.2 Å². The summed E-state index contributed by atoms with van der Waals surface area (Å²) in [5.41, 5.74) is 22.9. The van der Waals surface area contributed by atoms with E-state index in [-0.39, 0.29) is 39.2 Å². The maximum atomic E-state index is 2.71. The SMILES string of the molecule is Cc1cc2c3c(c1)N(c1ccc(C(C)(C)C)cc1C)c1sc4cc5c(cc4c1B3c1cc3c(cc1N2c1ccc(C(C)(C)C)cc1)C(C)(C)CCC3(C)C)C(C)(C)CCC5(C)C. The molecule has 0 amide bonds. The van der Waals surface area contributed by atoms with E-state index in [1.54, 1.807) is 5.56 Å². The van der Waals surface area contributed by atoms with Crippen LogP contribution in [0.15, 0.2) is 78.9 Å². The van der Waals surface area contributed by atoms with Crippen LogP contribution in [0.25, 0.3) is 10.1 Å². The Bertz CT molecular complexity index is 2850. The maximum Gasteiger partial charge on any atom is 0.254 e. The molecule has 3 heterocycles. The molecule has 2 aliphatic carbocycles. The second-order valence-electron chi connectivity index (χ2n) is 24.6. The molecule has 5 aromatic carbocycles. The highest BCUT2D eigenvalue weighted by molar-refractivity contribution is 7.26. The van der Waals surface area contributed by atoms with Crippen LogP contribution in [0, 0.1) is 13.8 Å². The van der Waals surface area contributed by atoms with Gasteiger partial charge in [-0.3, -0.25) is 0 Å². The van der Waals surface area contributed by atoms with Crippen molar-refractivity contribution in [1.29, 1.82) is 0 Å². The lowest BCUT2D eigenvalue weighted by atomic mass is 9.33. The number of hydrogen-bond acceptors (Lipinski definition) is 3. The Morgan fingerprint density at radius 1 is 0.500 bits per heavy atom. The minimum Gasteiger partial charge on any atom is -0.311 e. The lowest BCUT2D eigenvalue weighted by molar-refractivity contribution is 0.332. The van der Waals surface area contributed by atoms with E-state index < -0.39 is 0 Å². The molecule has 62 heavy (non-hydrogen) atoms. The standard InChI is InChI=1S/C58H69BN2S/c1-34-27-47-51-48(28-34)61(45-22-19-37(29-35(45)2)54(6,7)8)52-50(39-30-40-43(33-49(39)62-52)58(15,16)26-23-55(40,9)10)59(51)44-31-41-42(57(13,14)25-24-56(41,11)12)32-46(44)60(47)38-20-17-36(18-21-38)53(3,4)5/h17-22,27-33H,23-26H2,1-16H3. The molecule has 0 fully saturated rings. The van der Waals surface area contributed by atoms with Crippen molar-refractivity contribution in [2.24, 2.45) is 0 Å². The van der Waals surface area contributed by atoms with Gasteiger partial charge in [0.25, 0.3) is 6.71 Å². The lowest BCUT2D eigenvalue weighted by Gasteiger charge is -2.47. The Morgan fingerprint density at radius 2 is 1.00 bits per heavy atom. The summed E-state index contributed by atoms with van der Waals surface area (Å²) in [5.74, 6) is 0. The van der Waals surface area contributed by atoms with Crippen molar-refractivity contribution in [3.05, 3.63) is 123 Å². The smallest absolute Gasteiger partial charge is 0.254 e. The molecule has 0 unspecified atom stereocenters. The number of aryl methyl sites for hydroxylation is 2. The van der Waals surface area contributed by atoms with Crippen LogP contribution in [0.1, 0.15) is 167 Å². The fraction of sp³-hybridized carbons (Fsp3) is 0.448. The normalized spacial score (nSPS) is 19.1. The molecule has 0 bridgehead atoms. The van der Waals surface area contributed by atoms with Gasteiger partial charge in [0.15, 0.2) is 0 Å². The van der Waals surface area contributed by atoms with Crippen molar-refractivity contribution in [3.8, 4) is 0 Å². The quantitative estimate of drug-likeness (QED) is 0.160. The van der Waals surface area contributed by atoms with Crippen LogP contribution in [0.5, 0.6) is 0 Å². The fourth-order valence-electron chi connectivity index (χ4n) is 11.8. The van der Waals surface area contributed by atoms with E-state index in [1.165, 1.54) is 125 Å². The molecular formula is C58H69BN2S. The number of rotatable bonds is 2. The summed E-state index contributed by atoms with van der Waals surface area (Å²) in [6.45, 7) is 38.6. The molecule has 0 spiro atoms. The molecule has 10 rings (SSSR count). The van der Waals surface area contributed by atoms with Crippen molar-refractivity contribution in [2.75, 3.05) is 9.80 Å². The predicted octanol–water partition coefficient (Wildman–Crippen LogP) is 14.9. The van der Waals surface area contributed by atoms with E-state index in [0.29, 0.717) is 0 Å². The molecule has 0 saturated carbocycles. The monoisotopic (exact) mass is 837 g/mol. The highest BCUT2D eigenvalue weighted by Gasteiger charge is 2.49. The van der Waals surface area contributed by atoms with Crippen molar-refractivity contribution in [3.63, 3.8) is 0 Å². The molecule has 1 aromatic heterocycles. The third-order valence-corrected chi connectivity index (χ3v) is 17.2. The van der Waals surface area contributed by atoms with Crippen LogP contribution >= 0.6 is 11.3 Å². The van der Waals surface area contributed by atoms with Gasteiger partial charge in [-0.05, 0) is 187 Å². The van der Waals surface area contributed by atoms with Gasteiger partial charge >= 0.3 is 0 Å².